The third-order valence-corrected chi connectivity index (χ3v) is 2.80. The highest BCUT2D eigenvalue weighted by molar-refractivity contribution is 9.11. The molecule has 1 atom stereocenters. The maximum absolute atomic E-state index is 9.59. The van der Waals surface area contributed by atoms with Crippen LogP contribution < -0.4 is 5.32 Å². The van der Waals surface area contributed by atoms with Crippen molar-refractivity contribution in [1.82, 2.24) is 5.32 Å². The summed E-state index contributed by atoms with van der Waals surface area (Å²) in [6.45, 7) is 5.37. The van der Waals surface area contributed by atoms with Gasteiger partial charge in [-0.05, 0) is 12.8 Å². The molecule has 3 nitrogen and oxygen atoms in total. The van der Waals surface area contributed by atoms with Gasteiger partial charge in [0.15, 0.2) is 0 Å². The van der Waals surface area contributed by atoms with E-state index in [4.69, 9.17) is 4.74 Å². The van der Waals surface area contributed by atoms with Crippen LogP contribution in [0.15, 0.2) is 11.1 Å². The van der Waals surface area contributed by atoms with Gasteiger partial charge in [0.05, 0.1) is 18.8 Å². The smallest absolute Gasteiger partial charge is 0.0897 e. The van der Waals surface area contributed by atoms with Crippen LogP contribution in [0, 0.1) is 0 Å². The first kappa shape index (κ1) is 13.2. The maximum Gasteiger partial charge on any atom is 0.0897 e. The molecular formula is C11H20BrNO2. The van der Waals surface area contributed by atoms with E-state index in [1.807, 2.05) is 0 Å². The van der Waals surface area contributed by atoms with Crippen molar-refractivity contribution in [3.8, 4) is 0 Å². The van der Waals surface area contributed by atoms with Gasteiger partial charge in [-0.1, -0.05) is 35.4 Å². The quantitative estimate of drug-likeness (QED) is 0.746. The van der Waals surface area contributed by atoms with Crippen molar-refractivity contribution in [3.05, 3.63) is 11.1 Å². The largest absolute Gasteiger partial charge is 0.389 e. The molecule has 0 bridgehead atoms. The second kappa shape index (κ2) is 7.39. The molecule has 1 aliphatic rings. The highest BCUT2D eigenvalue weighted by Gasteiger charge is 2.16. The summed E-state index contributed by atoms with van der Waals surface area (Å²) in [6, 6.07) is 0. The molecule has 0 amide bonds. The number of ether oxygens (including phenoxy) is 1. The van der Waals surface area contributed by atoms with Crippen molar-refractivity contribution >= 4 is 15.9 Å². The minimum Gasteiger partial charge on any atom is -0.389 e. The molecule has 1 unspecified atom stereocenters. The zero-order valence-corrected chi connectivity index (χ0v) is 10.6. The molecule has 0 aromatic carbocycles. The number of rotatable bonds is 7. The molecule has 0 heterocycles. The molecule has 1 saturated carbocycles. The molecule has 0 radical (unpaired) electrons. The van der Waals surface area contributed by atoms with Crippen molar-refractivity contribution < 1.29 is 9.84 Å². The van der Waals surface area contributed by atoms with Crippen molar-refractivity contribution in [3.63, 3.8) is 0 Å². The summed E-state index contributed by atoms with van der Waals surface area (Å²) < 4.78 is 6.49. The van der Waals surface area contributed by atoms with Gasteiger partial charge in [0.2, 0.25) is 0 Å². The fraction of sp³-hybridized carbons (Fsp3) is 0.818. The Morgan fingerprint density at radius 2 is 2.20 bits per heavy atom. The highest BCUT2D eigenvalue weighted by atomic mass is 79.9. The Kier molecular flexibility index (Phi) is 6.48. The fourth-order valence-electron chi connectivity index (χ4n) is 1.74. The number of hydrogen-bond donors (Lipinski definition) is 2. The second-order valence-corrected chi connectivity index (χ2v) is 5.16. The van der Waals surface area contributed by atoms with Crippen LogP contribution in [-0.4, -0.2) is 37.0 Å². The van der Waals surface area contributed by atoms with Crippen molar-refractivity contribution in [2.75, 3.05) is 19.7 Å². The number of aliphatic hydroxyl groups is 1. The molecule has 15 heavy (non-hydrogen) atoms. The molecule has 0 spiro atoms. The minimum atomic E-state index is -0.419. The Balaban J connectivity index is 1.97. The first-order valence-electron chi connectivity index (χ1n) is 5.52. The first-order valence-corrected chi connectivity index (χ1v) is 6.31. The van der Waals surface area contributed by atoms with Crippen LogP contribution in [0.4, 0.5) is 0 Å². The highest BCUT2D eigenvalue weighted by Crippen LogP contribution is 2.20. The maximum atomic E-state index is 9.59. The molecule has 1 aliphatic carbocycles. The van der Waals surface area contributed by atoms with E-state index in [2.05, 4.69) is 27.8 Å². The molecule has 0 aromatic rings. The fourth-order valence-corrected chi connectivity index (χ4v) is 1.93. The Hall–Kier alpha value is 0.1000. The zero-order valence-electron chi connectivity index (χ0n) is 9.04. The molecule has 4 heteroatoms. The van der Waals surface area contributed by atoms with E-state index in [-0.39, 0.29) is 0 Å². The number of halogens is 1. The third-order valence-electron chi connectivity index (χ3n) is 2.52. The van der Waals surface area contributed by atoms with Gasteiger partial charge in [-0.15, -0.1) is 0 Å². The van der Waals surface area contributed by atoms with Crippen LogP contribution in [0.3, 0.4) is 0 Å². The standard InChI is InChI=1S/C11H20BrNO2/c1-9(12)6-13-7-10(14)8-15-11-4-2-3-5-11/h10-11,13-14H,1-8H2. The molecule has 0 aromatic heterocycles. The molecule has 88 valence electrons. The number of nitrogens with one attached hydrogen (secondary N) is 1. The van der Waals surface area contributed by atoms with Crippen molar-refractivity contribution in [1.29, 1.82) is 0 Å². The predicted octanol–water partition coefficient (Wildman–Crippen LogP) is 1.80. The van der Waals surface area contributed by atoms with Gasteiger partial charge in [0.25, 0.3) is 0 Å². The van der Waals surface area contributed by atoms with Crippen LogP contribution in [-0.2, 0) is 4.74 Å². The SMILES string of the molecule is C=C(Br)CNCC(O)COC1CCCC1. The third kappa shape index (κ3) is 6.30. The summed E-state index contributed by atoms with van der Waals surface area (Å²) in [5, 5.41) is 12.7. The lowest BCUT2D eigenvalue weighted by atomic mass is 10.3. The monoisotopic (exact) mass is 277 g/mol. The zero-order chi connectivity index (χ0) is 11.1. The van der Waals surface area contributed by atoms with Gasteiger partial charge in [-0.25, -0.2) is 0 Å². The molecular weight excluding hydrogens is 258 g/mol. The molecule has 0 saturated heterocycles. The van der Waals surface area contributed by atoms with Crippen LogP contribution in [0.25, 0.3) is 0 Å². The topological polar surface area (TPSA) is 41.5 Å². The van der Waals surface area contributed by atoms with E-state index in [1.165, 1.54) is 12.8 Å². The summed E-state index contributed by atoms with van der Waals surface area (Å²) in [5.74, 6) is 0. The normalized spacial score (nSPS) is 19.3. The molecule has 2 N–H and O–H groups in total. The van der Waals surface area contributed by atoms with Gasteiger partial charge < -0.3 is 15.2 Å². The lowest BCUT2D eigenvalue weighted by Gasteiger charge is -2.15. The van der Waals surface area contributed by atoms with Crippen LogP contribution >= 0.6 is 15.9 Å². The van der Waals surface area contributed by atoms with Crippen molar-refractivity contribution in [2.45, 2.75) is 37.9 Å². The van der Waals surface area contributed by atoms with Crippen molar-refractivity contribution in [2.24, 2.45) is 0 Å². The Morgan fingerprint density at radius 3 is 2.80 bits per heavy atom. The van der Waals surface area contributed by atoms with E-state index in [9.17, 15) is 5.11 Å². The predicted molar refractivity (Wildman–Crippen MR) is 65.2 cm³/mol. The molecule has 1 rings (SSSR count). The van der Waals surface area contributed by atoms with E-state index in [0.717, 1.165) is 17.3 Å². The Bertz CT molecular complexity index is 193. The summed E-state index contributed by atoms with van der Waals surface area (Å²) in [6.07, 6.45) is 4.80. The summed E-state index contributed by atoms with van der Waals surface area (Å²) in [7, 11) is 0. The lowest BCUT2D eigenvalue weighted by molar-refractivity contribution is -0.00511. The molecule has 0 aliphatic heterocycles. The average Bonchev–Trinajstić information content (AvgIpc) is 2.66. The van der Waals surface area contributed by atoms with E-state index in [0.29, 0.717) is 25.8 Å². The van der Waals surface area contributed by atoms with E-state index in [1.54, 1.807) is 0 Å². The summed E-state index contributed by atoms with van der Waals surface area (Å²) in [4.78, 5) is 0. The van der Waals surface area contributed by atoms with E-state index < -0.39 is 6.10 Å². The number of aliphatic hydroxyl groups excluding tert-OH is 1. The Labute approximate surface area is 100 Å². The van der Waals surface area contributed by atoms with Gasteiger partial charge >= 0.3 is 0 Å². The summed E-state index contributed by atoms with van der Waals surface area (Å²) >= 11 is 3.25. The first-order chi connectivity index (χ1) is 7.18. The van der Waals surface area contributed by atoms with Crippen LogP contribution in [0.2, 0.25) is 0 Å². The lowest BCUT2D eigenvalue weighted by Crippen LogP contribution is -2.32. The van der Waals surface area contributed by atoms with Crippen LogP contribution in [0.1, 0.15) is 25.7 Å². The summed E-state index contributed by atoms with van der Waals surface area (Å²) in [5.41, 5.74) is 0. The van der Waals surface area contributed by atoms with Crippen LogP contribution in [0.5, 0.6) is 0 Å². The average molecular weight is 278 g/mol. The van der Waals surface area contributed by atoms with Gasteiger partial charge in [0, 0.05) is 17.6 Å². The van der Waals surface area contributed by atoms with Gasteiger partial charge in [-0.3, -0.25) is 0 Å². The minimum absolute atomic E-state index is 0.380. The molecule has 1 fully saturated rings. The number of hydrogen-bond acceptors (Lipinski definition) is 3. The van der Waals surface area contributed by atoms with Gasteiger partial charge in [0.1, 0.15) is 0 Å². The second-order valence-electron chi connectivity index (χ2n) is 4.04. The van der Waals surface area contributed by atoms with Gasteiger partial charge in [-0.2, -0.15) is 0 Å². The van der Waals surface area contributed by atoms with E-state index >= 15 is 0 Å². The Morgan fingerprint density at radius 1 is 1.53 bits per heavy atom.